The van der Waals surface area contributed by atoms with Gasteiger partial charge >= 0.3 is 0 Å². The lowest BCUT2D eigenvalue weighted by atomic mass is 9.94. The van der Waals surface area contributed by atoms with E-state index in [1.807, 2.05) is 24.3 Å². The van der Waals surface area contributed by atoms with Crippen LogP contribution in [0.25, 0.3) is 10.9 Å². The van der Waals surface area contributed by atoms with Crippen LogP contribution in [0.4, 0.5) is 11.8 Å². The van der Waals surface area contributed by atoms with E-state index in [2.05, 4.69) is 27.2 Å². The maximum absolute atomic E-state index is 9.64. The number of anilines is 2. The average molecular weight is 540 g/mol. The minimum absolute atomic E-state index is 0.294. The molecule has 5 rings (SSSR count). The molecule has 3 aromatic rings. The summed E-state index contributed by atoms with van der Waals surface area (Å²) in [5.74, 6) is 3.26. The van der Waals surface area contributed by atoms with Crippen molar-refractivity contribution in [2.45, 2.75) is 38.1 Å². The lowest BCUT2D eigenvalue weighted by Gasteiger charge is -2.42. The number of hydrogen-bond donors (Lipinski definition) is 2. The number of benzene rings is 2. The van der Waals surface area contributed by atoms with Gasteiger partial charge in [0.15, 0.2) is 11.5 Å². The molecule has 0 saturated carbocycles. The van der Waals surface area contributed by atoms with Crippen molar-refractivity contribution in [2.24, 2.45) is 5.92 Å². The second kappa shape index (κ2) is 12.4. The largest absolute Gasteiger partial charge is 0.493 e. The summed E-state index contributed by atoms with van der Waals surface area (Å²) in [4.78, 5) is 14.8. The number of nitrogens with zero attached hydrogens (tertiary/aromatic N) is 4. The van der Waals surface area contributed by atoms with Gasteiger partial charge in [0.25, 0.3) is 0 Å². The Balaban J connectivity index is 1.35. The van der Waals surface area contributed by atoms with Crippen molar-refractivity contribution in [2.75, 3.05) is 63.8 Å². The van der Waals surface area contributed by atoms with Crippen LogP contribution in [-0.4, -0.2) is 79.6 Å². The molecule has 2 N–H and O–H groups in total. The monoisotopic (exact) mass is 539 g/mol. The van der Waals surface area contributed by atoms with E-state index in [1.54, 1.807) is 14.2 Å². The molecule has 204 valence electrons. The molecule has 9 heteroatoms. The quantitative estimate of drug-likeness (QED) is 0.407. The molecule has 1 atom stereocenters. The van der Waals surface area contributed by atoms with E-state index in [-0.39, 0.29) is 0 Å². The summed E-state index contributed by atoms with van der Waals surface area (Å²) >= 11 is 6.05. The van der Waals surface area contributed by atoms with Crippen molar-refractivity contribution >= 4 is 34.3 Å². The van der Waals surface area contributed by atoms with Crippen molar-refractivity contribution in [3.05, 3.63) is 47.0 Å². The summed E-state index contributed by atoms with van der Waals surface area (Å²) < 4.78 is 11.1. The van der Waals surface area contributed by atoms with E-state index in [9.17, 15) is 5.11 Å². The van der Waals surface area contributed by atoms with E-state index < -0.39 is 0 Å². The van der Waals surface area contributed by atoms with Gasteiger partial charge < -0.3 is 24.8 Å². The van der Waals surface area contributed by atoms with E-state index >= 15 is 0 Å². The average Bonchev–Trinajstić information content (AvgIpc) is 2.97. The van der Waals surface area contributed by atoms with Crippen LogP contribution < -0.4 is 19.7 Å². The Kier molecular flexibility index (Phi) is 8.72. The van der Waals surface area contributed by atoms with Gasteiger partial charge in [-0.05, 0) is 68.3 Å². The molecule has 38 heavy (non-hydrogen) atoms. The fourth-order valence-electron chi connectivity index (χ4n) is 5.70. The number of likely N-dealkylation sites (tertiary alicyclic amines) is 1. The van der Waals surface area contributed by atoms with Gasteiger partial charge in [0.05, 0.1) is 19.7 Å². The summed E-state index contributed by atoms with van der Waals surface area (Å²) in [5, 5.41) is 14.8. The lowest BCUT2D eigenvalue weighted by molar-refractivity contribution is 0.0776. The van der Waals surface area contributed by atoms with Gasteiger partial charge in [-0.25, -0.2) is 4.98 Å². The van der Waals surface area contributed by atoms with Crippen LogP contribution in [0.15, 0.2) is 36.4 Å². The second-order valence-corrected chi connectivity index (χ2v) is 10.7. The SMILES string of the molecule is COc1cc2nc(N3CCC(N4CCCC(CO)C4)CC3)nc(NCCc3ccc(Cl)cc3)c2cc1OC. The number of nitrogens with one attached hydrogen (secondary N) is 1. The number of aromatic nitrogens is 2. The Morgan fingerprint density at radius 3 is 2.45 bits per heavy atom. The number of fused-ring (bicyclic) bond motifs is 1. The second-order valence-electron chi connectivity index (χ2n) is 10.3. The zero-order chi connectivity index (χ0) is 26.5. The molecule has 1 aromatic heterocycles. The number of piperidine rings is 2. The summed E-state index contributed by atoms with van der Waals surface area (Å²) in [7, 11) is 3.28. The summed E-state index contributed by atoms with van der Waals surface area (Å²) in [5.41, 5.74) is 2.04. The highest BCUT2D eigenvalue weighted by atomic mass is 35.5. The molecule has 0 aliphatic carbocycles. The van der Waals surface area contributed by atoms with Gasteiger partial charge in [0.1, 0.15) is 5.82 Å². The first-order valence-corrected chi connectivity index (χ1v) is 14.0. The van der Waals surface area contributed by atoms with Crippen molar-refractivity contribution in [1.29, 1.82) is 0 Å². The molecule has 2 saturated heterocycles. The standard InChI is InChI=1S/C29H38ClN5O3/c1-37-26-16-24-25(17-27(26)38-2)32-29(33-28(24)31-12-9-20-5-7-22(30)8-6-20)34-14-10-23(11-15-34)35-13-3-4-21(18-35)19-36/h5-8,16-17,21,23,36H,3-4,9-15,18-19H2,1-2H3,(H,31,32,33). The van der Waals surface area contributed by atoms with Crippen LogP contribution in [0.2, 0.25) is 5.02 Å². The van der Waals surface area contributed by atoms with Crippen molar-refractivity contribution in [1.82, 2.24) is 14.9 Å². The number of aliphatic hydroxyl groups excluding tert-OH is 1. The highest BCUT2D eigenvalue weighted by Gasteiger charge is 2.29. The molecule has 0 amide bonds. The van der Waals surface area contributed by atoms with E-state index in [4.69, 9.17) is 31.0 Å². The predicted octanol–water partition coefficient (Wildman–Crippen LogP) is 4.63. The maximum atomic E-state index is 9.64. The molecule has 0 bridgehead atoms. The number of rotatable bonds is 9. The van der Waals surface area contributed by atoms with E-state index in [0.29, 0.717) is 30.1 Å². The minimum atomic E-state index is 0.294. The number of halogens is 1. The third-order valence-electron chi connectivity index (χ3n) is 7.88. The number of hydrogen-bond acceptors (Lipinski definition) is 8. The minimum Gasteiger partial charge on any atom is -0.493 e. The van der Waals surface area contributed by atoms with Crippen LogP contribution in [0.1, 0.15) is 31.2 Å². The Morgan fingerprint density at radius 1 is 1.00 bits per heavy atom. The smallest absolute Gasteiger partial charge is 0.227 e. The van der Waals surface area contributed by atoms with Crippen LogP contribution in [0.5, 0.6) is 11.5 Å². The molecule has 0 spiro atoms. The molecule has 2 aliphatic heterocycles. The first-order chi connectivity index (χ1) is 18.6. The Morgan fingerprint density at radius 2 is 1.74 bits per heavy atom. The molecule has 3 heterocycles. The first-order valence-electron chi connectivity index (χ1n) is 13.6. The van der Waals surface area contributed by atoms with Gasteiger partial charge in [-0.15, -0.1) is 0 Å². The molecular formula is C29H38ClN5O3. The van der Waals surface area contributed by atoms with Crippen LogP contribution >= 0.6 is 11.6 Å². The molecule has 2 aromatic carbocycles. The zero-order valence-electron chi connectivity index (χ0n) is 22.3. The molecule has 2 aliphatic rings. The zero-order valence-corrected chi connectivity index (χ0v) is 23.1. The Hall–Kier alpha value is -2.81. The van der Waals surface area contributed by atoms with Crippen molar-refractivity contribution in [3.8, 4) is 11.5 Å². The number of ether oxygens (including phenoxy) is 2. The first kappa shape index (κ1) is 26.8. The maximum Gasteiger partial charge on any atom is 0.227 e. The van der Waals surface area contributed by atoms with Gasteiger partial charge in [-0.2, -0.15) is 4.98 Å². The van der Waals surface area contributed by atoms with Crippen molar-refractivity contribution in [3.63, 3.8) is 0 Å². The molecular weight excluding hydrogens is 502 g/mol. The molecule has 0 radical (unpaired) electrons. The number of methoxy groups -OCH3 is 2. The lowest BCUT2D eigenvalue weighted by Crippen LogP contribution is -2.49. The van der Waals surface area contributed by atoms with Crippen LogP contribution in [-0.2, 0) is 6.42 Å². The molecule has 2 fully saturated rings. The fourth-order valence-corrected chi connectivity index (χ4v) is 5.83. The van der Waals surface area contributed by atoms with Gasteiger partial charge in [0.2, 0.25) is 5.95 Å². The molecule has 1 unspecified atom stereocenters. The topological polar surface area (TPSA) is 83.0 Å². The van der Waals surface area contributed by atoms with Gasteiger partial charge in [-0.3, -0.25) is 4.90 Å². The number of aliphatic hydroxyl groups is 1. The summed E-state index contributed by atoms with van der Waals surface area (Å²) in [6, 6.07) is 12.4. The third-order valence-corrected chi connectivity index (χ3v) is 8.13. The summed E-state index contributed by atoms with van der Waals surface area (Å²) in [6.45, 7) is 4.99. The molecule has 8 nitrogen and oxygen atoms in total. The Labute approximate surface area is 229 Å². The normalized spacial score (nSPS) is 19.1. The highest BCUT2D eigenvalue weighted by molar-refractivity contribution is 6.30. The van der Waals surface area contributed by atoms with Crippen LogP contribution in [0.3, 0.4) is 0 Å². The van der Waals surface area contributed by atoms with Gasteiger partial charge in [-0.1, -0.05) is 23.7 Å². The van der Waals surface area contributed by atoms with Gasteiger partial charge in [0, 0.05) is 55.3 Å². The van der Waals surface area contributed by atoms with E-state index in [0.717, 1.165) is 86.1 Å². The van der Waals surface area contributed by atoms with Crippen molar-refractivity contribution < 1.29 is 14.6 Å². The fraction of sp³-hybridized carbons (Fsp3) is 0.517. The van der Waals surface area contributed by atoms with E-state index in [1.165, 1.54) is 12.0 Å². The Bertz CT molecular complexity index is 1220. The third kappa shape index (κ3) is 6.08. The van der Waals surface area contributed by atoms with Crippen LogP contribution in [0, 0.1) is 5.92 Å². The predicted molar refractivity (Wildman–Crippen MR) is 153 cm³/mol. The summed E-state index contributed by atoms with van der Waals surface area (Å²) in [6.07, 6.45) is 5.31. The highest BCUT2D eigenvalue weighted by Crippen LogP contribution is 2.35.